The molecule has 1 aromatic heterocycles. The van der Waals surface area contributed by atoms with Crippen LogP contribution in [0.5, 0.6) is 0 Å². The molecule has 5 nitrogen and oxygen atoms in total. The molecular weight excluding hydrogens is 362 g/mol. The molecule has 1 aliphatic carbocycles. The van der Waals surface area contributed by atoms with Gasteiger partial charge in [0.05, 0.1) is 28.0 Å². The third-order valence-electron chi connectivity index (χ3n) is 5.27. The first-order valence-corrected chi connectivity index (χ1v) is 9.40. The first-order chi connectivity index (χ1) is 13.4. The van der Waals surface area contributed by atoms with E-state index in [0.29, 0.717) is 17.7 Å². The number of carbonyl (C=O) groups is 1. The van der Waals surface area contributed by atoms with Crippen molar-refractivity contribution in [3.8, 4) is 0 Å². The van der Waals surface area contributed by atoms with Crippen molar-refractivity contribution in [1.29, 1.82) is 0 Å². The van der Waals surface area contributed by atoms with E-state index in [1.165, 1.54) is 12.8 Å². The average molecular weight is 384 g/mol. The monoisotopic (exact) mass is 384 g/mol. The SMILES string of the molecule is CN(C)c1cc2nc(C3CCCC3)[nH]c2cc1NC(=O)c1ccc(F)cc1F. The van der Waals surface area contributed by atoms with Gasteiger partial charge in [-0.25, -0.2) is 13.8 Å². The number of rotatable bonds is 4. The lowest BCUT2D eigenvalue weighted by molar-refractivity contribution is 0.102. The van der Waals surface area contributed by atoms with Crippen molar-refractivity contribution in [3.05, 3.63) is 53.4 Å². The van der Waals surface area contributed by atoms with Crippen molar-refractivity contribution < 1.29 is 13.6 Å². The number of imidazole rings is 1. The van der Waals surface area contributed by atoms with E-state index in [0.717, 1.165) is 47.5 Å². The van der Waals surface area contributed by atoms with Gasteiger partial charge in [-0.15, -0.1) is 0 Å². The fourth-order valence-electron chi connectivity index (χ4n) is 3.79. The molecule has 146 valence electrons. The number of anilines is 2. The van der Waals surface area contributed by atoms with Gasteiger partial charge in [0, 0.05) is 26.1 Å². The summed E-state index contributed by atoms with van der Waals surface area (Å²) in [5.41, 5.74) is 2.74. The predicted molar refractivity (Wildman–Crippen MR) is 106 cm³/mol. The summed E-state index contributed by atoms with van der Waals surface area (Å²) < 4.78 is 27.1. The van der Waals surface area contributed by atoms with Gasteiger partial charge in [-0.05, 0) is 37.1 Å². The number of hydrogen-bond acceptors (Lipinski definition) is 3. The number of halogens is 2. The topological polar surface area (TPSA) is 61.0 Å². The van der Waals surface area contributed by atoms with Gasteiger partial charge in [-0.2, -0.15) is 0 Å². The minimum Gasteiger partial charge on any atom is -0.376 e. The zero-order valence-corrected chi connectivity index (χ0v) is 15.9. The van der Waals surface area contributed by atoms with E-state index in [2.05, 4.69) is 10.3 Å². The van der Waals surface area contributed by atoms with E-state index in [1.54, 1.807) is 0 Å². The summed E-state index contributed by atoms with van der Waals surface area (Å²) in [6.07, 6.45) is 4.70. The third-order valence-corrected chi connectivity index (χ3v) is 5.27. The number of aromatic nitrogens is 2. The second-order valence-electron chi connectivity index (χ2n) is 7.46. The lowest BCUT2D eigenvalue weighted by atomic mass is 10.1. The first kappa shape index (κ1) is 18.4. The van der Waals surface area contributed by atoms with Gasteiger partial charge in [0.2, 0.25) is 0 Å². The highest BCUT2D eigenvalue weighted by molar-refractivity contribution is 6.07. The van der Waals surface area contributed by atoms with Gasteiger partial charge in [0.1, 0.15) is 17.5 Å². The Bertz CT molecular complexity index is 1040. The van der Waals surface area contributed by atoms with E-state index >= 15 is 0 Å². The van der Waals surface area contributed by atoms with E-state index in [9.17, 15) is 13.6 Å². The number of fused-ring (bicyclic) bond motifs is 1. The van der Waals surface area contributed by atoms with Crippen LogP contribution < -0.4 is 10.2 Å². The van der Waals surface area contributed by atoms with Crippen LogP contribution in [0.2, 0.25) is 0 Å². The summed E-state index contributed by atoms with van der Waals surface area (Å²) in [5.74, 6) is -0.821. The highest BCUT2D eigenvalue weighted by Crippen LogP contribution is 2.35. The Morgan fingerprint density at radius 3 is 2.61 bits per heavy atom. The summed E-state index contributed by atoms with van der Waals surface area (Å²) in [5, 5.41) is 2.75. The maximum atomic E-state index is 14.0. The van der Waals surface area contributed by atoms with Crippen molar-refractivity contribution >= 4 is 28.3 Å². The van der Waals surface area contributed by atoms with Crippen LogP contribution in [0.4, 0.5) is 20.2 Å². The van der Waals surface area contributed by atoms with Gasteiger partial charge in [0.25, 0.3) is 5.91 Å². The smallest absolute Gasteiger partial charge is 0.258 e. The Balaban J connectivity index is 1.70. The van der Waals surface area contributed by atoms with Gasteiger partial charge < -0.3 is 15.2 Å². The lowest BCUT2D eigenvalue weighted by Gasteiger charge is -2.18. The Morgan fingerprint density at radius 2 is 1.93 bits per heavy atom. The maximum Gasteiger partial charge on any atom is 0.258 e. The number of carbonyl (C=O) groups excluding carboxylic acids is 1. The molecule has 0 radical (unpaired) electrons. The zero-order chi connectivity index (χ0) is 19.8. The molecule has 0 spiro atoms. The summed E-state index contributed by atoms with van der Waals surface area (Å²) in [6.45, 7) is 0. The fraction of sp³-hybridized carbons (Fsp3) is 0.333. The molecule has 3 aromatic rings. The molecule has 0 atom stereocenters. The first-order valence-electron chi connectivity index (χ1n) is 9.40. The molecule has 0 bridgehead atoms. The van der Waals surface area contributed by atoms with Gasteiger partial charge >= 0.3 is 0 Å². The number of H-pyrrole nitrogens is 1. The molecule has 1 heterocycles. The van der Waals surface area contributed by atoms with Crippen LogP contribution in [0.25, 0.3) is 11.0 Å². The molecule has 0 aliphatic heterocycles. The second kappa shape index (κ2) is 7.22. The molecule has 0 unspecified atom stereocenters. The summed E-state index contributed by atoms with van der Waals surface area (Å²) in [7, 11) is 3.72. The number of hydrogen-bond donors (Lipinski definition) is 2. The molecule has 2 aromatic carbocycles. The summed E-state index contributed by atoms with van der Waals surface area (Å²) >= 11 is 0. The van der Waals surface area contributed by atoms with Crippen molar-refractivity contribution in [2.45, 2.75) is 31.6 Å². The van der Waals surface area contributed by atoms with Crippen LogP contribution in [-0.4, -0.2) is 30.0 Å². The fourth-order valence-corrected chi connectivity index (χ4v) is 3.79. The highest BCUT2D eigenvalue weighted by atomic mass is 19.1. The quantitative estimate of drug-likeness (QED) is 0.678. The van der Waals surface area contributed by atoms with E-state index < -0.39 is 17.5 Å². The number of nitrogens with one attached hydrogen (secondary N) is 2. The predicted octanol–water partition coefficient (Wildman–Crippen LogP) is 4.82. The van der Waals surface area contributed by atoms with Gasteiger partial charge in [0.15, 0.2) is 0 Å². The van der Waals surface area contributed by atoms with E-state index in [-0.39, 0.29) is 5.56 Å². The molecule has 1 amide bonds. The lowest BCUT2D eigenvalue weighted by Crippen LogP contribution is -2.18. The largest absolute Gasteiger partial charge is 0.376 e. The van der Waals surface area contributed by atoms with Crippen LogP contribution in [0, 0.1) is 11.6 Å². The summed E-state index contributed by atoms with van der Waals surface area (Å²) in [4.78, 5) is 22.5. The van der Waals surface area contributed by atoms with Gasteiger partial charge in [-0.1, -0.05) is 12.8 Å². The Hall–Kier alpha value is -2.96. The van der Waals surface area contributed by atoms with Crippen molar-refractivity contribution in [3.63, 3.8) is 0 Å². The molecule has 1 saturated carbocycles. The molecule has 1 fully saturated rings. The van der Waals surface area contributed by atoms with Crippen molar-refractivity contribution in [2.24, 2.45) is 0 Å². The minimum absolute atomic E-state index is 0.206. The van der Waals surface area contributed by atoms with Gasteiger partial charge in [-0.3, -0.25) is 4.79 Å². The average Bonchev–Trinajstić information content (AvgIpc) is 3.29. The third kappa shape index (κ3) is 3.44. The molecule has 1 aliphatic rings. The molecule has 7 heteroatoms. The number of aromatic amines is 1. The molecular formula is C21H22F2N4O. The molecule has 28 heavy (non-hydrogen) atoms. The summed E-state index contributed by atoms with van der Waals surface area (Å²) in [6, 6.07) is 6.63. The minimum atomic E-state index is -0.893. The van der Waals surface area contributed by atoms with E-state index in [1.807, 2.05) is 31.1 Å². The van der Waals surface area contributed by atoms with Crippen molar-refractivity contribution in [2.75, 3.05) is 24.3 Å². The Morgan fingerprint density at radius 1 is 1.18 bits per heavy atom. The molecule has 4 rings (SSSR count). The maximum absolute atomic E-state index is 14.0. The zero-order valence-electron chi connectivity index (χ0n) is 15.9. The highest BCUT2D eigenvalue weighted by Gasteiger charge is 2.22. The van der Waals surface area contributed by atoms with Crippen LogP contribution in [0.1, 0.15) is 47.8 Å². The van der Waals surface area contributed by atoms with E-state index in [4.69, 9.17) is 4.98 Å². The van der Waals surface area contributed by atoms with Crippen LogP contribution >= 0.6 is 0 Å². The Kier molecular flexibility index (Phi) is 4.75. The number of benzene rings is 2. The van der Waals surface area contributed by atoms with Crippen LogP contribution in [0.15, 0.2) is 30.3 Å². The molecule has 0 saturated heterocycles. The number of amides is 1. The standard InChI is InChI=1S/C21H22F2N4O/c1-27(2)19-11-17-16(24-20(25-17)12-5-3-4-6-12)10-18(19)26-21(28)14-8-7-13(22)9-15(14)23/h7-12H,3-6H2,1-2H3,(H,24,25)(H,26,28). The number of nitrogens with zero attached hydrogens (tertiary/aromatic N) is 2. The normalized spacial score (nSPS) is 14.6. The van der Waals surface area contributed by atoms with Crippen LogP contribution in [0.3, 0.4) is 0 Å². The Labute approximate surface area is 161 Å². The second-order valence-corrected chi connectivity index (χ2v) is 7.46. The van der Waals surface area contributed by atoms with Crippen molar-refractivity contribution in [1.82, 2.24) is 9.97 Å². The van der Waals surface area contributed by atoms with Crippen LogP contribution in [-0.2, 0) is 0 Å². The molecule has 2 N–H and O–H groups in total.